The van der Waals surface area contributed by atoms with Gasteiger partial charge < -0.3 is 15.2 Å². The summed E-state index contributed by atoms with van der Waals surface area (Å²) in [6.45, 7) is 0.697. The Bertz CT molecular complexity index is 866. The van der Waals surface area contributed by atoms with Crippen molar-refractivity contribution in [2.45, 2.75) is 19.8 Å². The topological polar surface area (TPSA) is 71.5 Å². The third-order valence-electron chi connectivity index (χ3n) is 3.95. The van der Waals surface area contributed by atoms with Crippen LogP contribution in [-0.2, 0) is 19.8 Å². The summed E-state index contributed by atoms with van der Waals surface area (Å²) < 4.78 is 5.73. The summed E-state index contributed by atoms with van der Waals surface area (Å²) in [5.41, 5.74) is 3.19. The smallest absolute Gasteiger partial charge is 0.251 e. The van der Waals surface area contributed by atoms with Crippen LogP contribution in [0.4, 0.5) is 0 Å². The standard InChI is InChI=1S/C21H20N2O3/c24-14-19-7-2-1-6-18(19)13-23-21(25)17-8-3-9-20(11-17)26-15-16-5-4-10-22-12-16/h1-12,24H,13-15H2,(H,23,25). The van der Waals surface area contributed by atoms with Gasteiger partial charge in [0.2, 0.25) is 0 Å². The second-order valence-electron chi connectivity index (χ2n) is 5.79. The number of aliphatic hydroxyl groups excluding tert-OH is 1. The van der Waals surface area contributed by atoms with Crippen molar-refractivity contribution in [2.24, 2.45) is 0 Å². The number of hydrogen-bond donors (Lipinski definition) is 2. The number of ether oxygens (including phenoxy) is 1. The Balaban J connectivity index is 1.61. The number of aromatic nitrogens is 1. The number of amides is 1. The van der Waals surface area contributed by atoms with Gasteiger partial charge in [0.1, 0.15) is 12.4 Å². The maximum Gasteiger partial charge on any atom is 0.251 e. The monoisotopic (exact) mass is 348 g/mol. The van der Waals surface area contributed by atoms with Gasteiger partial charge in [-0.15, -0.1) is 0 Å². The highest BCUT2D eigenvalue weighted by atomic mass is 16.5. The van der Waals surface area contributed by atoms with Crippen LogP contribution in [0.5, 0.6) is 5.75 Å². The van der Waals surface area contributed by atoms with Crippen LogP contribution in [-0.4, -0.2) is 16.0 Å². The molecule has 1 aromatic heterocycles. The molecule has 2 aromatic carbocycles. The van der Waals surface area contributed by atoms with E-state index in [4.69, 9.17) is 4.74 Å². The summed E-state index contributed by atoms with van der Waals surface area (Å²) in [5, 5.41) is 12.2. The Morgan fingerprint density at radius 2 is 1.88 bits per heavy atom. The number of nitrogens with one attached hydrogen (secondary N) is 1. The Labute approximate surface area is 152 Å². The fourth-order valence-electron chi connectivity index (χ4n) is 2.54. The molecule has 1 amide bonds. The van der Waals surface area contributed by atoms with Gasteiger partial charge in [-0.3, -0.25) is 9.78 Å². The highest BCUT2D eigenvalue weighted by molar-refractivity contribution is 5.94. The molecule has 3 rings (SSSR count). The molecule has 0 spiro atoms. The van der Waals surface area contributed by atoms with E-state index in [9.17, 15) is 9.90 Å². The predicted molar refractivity (Wildman–Crippen MR) is 98.5 cm³/mol. The van der Waals surface area contributed by atoms with Crippen molar-refractivity contribution >= 4 is 5.91 Å². The molecule has 132 valence electrons. The summed E-state index contributed by atoms with van der Waals surface area (Å²) in [7, 11) is 0. The highest BCUT2D eigenvalue weighted by Gasteiger charge is 2.08. The van der Waals surface area contributed by atoms with Crippen molar-refractivity contribution in [1.82, 2.24) is 10.3 Å². The van der Waals surface area contributed by atoms with Crippen LogP contribution in [0.1, 0.15) is 27.0 Å². The first-order valence-electron chi connectivity index (χ1n) is 8.34. The number of nitrogens with zero attached hydrogens (tertiary/aromatic N) is 1. The van der Waals surface area contributed by atoms with E-state index in [0.717, 1.165) is 16.7 Å². The Morgan fingerprint density at radius 3 is 2.65 bits per heavy atom. The van der Waals surface area contributed by atoms with Gasteiger partial charge in [-0.05, 0) is 35.4 Å². The molecular formula is C21H20N2O3. The van der Waals surface area contributed by atoms with Crippen molar-refractivity contribution in [2.75, 3.05) is 0 Å². The first-order valence-corrected chi connectivity index (χ1v) is 8.34. The molecule has 0 saturated heterocycles. The molecular weight excluding hydrogens is 328 g/mol. The molecule has 1 heterocycles. The van der Waals surface area contributed by atoms with Gasteiger partial charge in [-0.1, -0.05) is 36.4 Å². The SMILES string of the molecule is O=C(NCc1ccccc1CO)c1cccc(OCc2cccnc2)c1. The van der Waals surface area contributed by atoms with E-state index in [1.165, 1.54) is 0 Å². The van der Waals surface area contributed by atoms with Crippen LogP contribution in [0.3, 0.4) is 0 Å². The minimum absolute atomic E-state index is 0.0519. The number of carbonyl (C=O) groups is 1. The van der Waals surface area contributed by atoms with E-state index in [1.54, 1.807) is 30.6 Å². The van der Waals surface area contributed by atoms with Crippen LogP contribution < -0.4 is 10.1 Å². The van der Waals surface area contributed by atoms with Gasteiger partial charge in [-0.25, -0.2) is 0 Å². The lowest BCUT2D eigenvalue weighted by Gasteiger charge is -2.10. The van der Waals surface area contributed by atoms with Gasteiger partial charge in [0.25, 0.3) is 5.91 Å². The van der Waals surface area contributed by atoms with Crippen LogP contribution in [0, 0.1) is 0 Å². The number of benzene rings is 2. The van der Waals surface area contributed by atoms with Gasteiger partial charge in [-0.2, -0.15) is 0 Å². The molecule has 0 aliphatic heterocycles. The predicted octanol–water partition coefficient (Wildman–Crippen LogP) is 3.08. The van der Waals surface area contributed by atoms with Crippen molar-refractivity contribution in [1.29, 1.82) is 0 Å². The molecule has 0 atom stereocenters. The zero-order chi connectivity index (χ0) is 18.2. The Hall–Kier alpha value is -3.18. The average Bonchev–Trinajstić information content (AvgIpc) is 2.71. The quantitative estimate of drug-likeness (QED) is 0.688. The molecule has 5 nitrogen and oxygen atoms in total. The van der Waals surface area contributed by atoms with Gasteiger partial charge >= 0.3 is 0 Å². The van der Waals surface area contributed by atoms with Crippen LogP contribution in [0.2, 0.25) is 0 Å². The van der Waals surface area contributed by atoms with Crippen molar-refractivity contribution in [3.05, 3.63) is 95.3 Å². The lowest BCUT2D eigenvalue weighted by molar-refractivity contribution is 0.0950. The van der Waals surface area contributed by atoms with Crippen LogP contribution >= 0.6 is 0 Å². The summed E-state index contributed by atoms with van der Waals surface area (Å²) in [6.07, 6.45) is 3.46. The zero-order valence-corrected chi connectivity index (χ0v) is 14.3. The van der Waals surface area contributed by atoms with Crippen molar-refractivity contribution in [3.63, 3.8) is 0 Å². The minimum atomic E-state index is -0.190. The molecule has 0 aliphatic rings. The lowest BCUT2D eigenvalue weighted by atomic mass is 10.1. The lowest BCUT2D eigenvalue weighted by Crippen LogP contribution is -2.23. The highest BCUT2D eigenvalue weighted by Crippen LogP contribution is 2.15. The number of aliphatic hydroxyl groups is 1. The maximum absolute atomic E-state index is 12.4. The average molecular weight is 348 g/mol. The minimum Gasteiger partial charge on any atom is -0.489 e. The van der Waals surface area contributed by atoms with E-state index < -0.39 is 0 Å². The van der Waals surface area contributed by atoms with Gasteiger partial charge in [0, 0.05) is 30.1 Å². The fourth-order valence-corrected chi connectivity index (χ4v) is 2.54. The molecule has 2 N–H and O–H groups in total. The number of rotatable bonds is 7. The molecule has 0 aliphatic carbocycles. The molecule has 5 heteroatoms. The van der Waals surface area contributed by atoms with E-state index in [-0.39, 0.29) is 12.5 Å². The van der Waals surface area contributed by atoms with Crippen LogP contribution in [0.25, 0.3) is 0 Å². The Kier molecular flexibility index (Phi) is 5.96. The third kappa shape index (κ3) is 4.68. The largest absolute Gasteiger partial charge is 0.489 e. The summed E-state index contributed by atoms with van der Waals surface area (Å²) in [5.74, 6) is 0.432. The Morgan fingerprint density at radius 1 is 1.04 bits per heavy atom. The fraction of sp³-hybridized carbons (Fsp3) is 0.143. The second kappa shape index (κ2) is 8.78. The van der Waals surface area contributed by atoms with Crippen molar-refractivity contribution in [3.8, 4) is 5.75 Å². The normalized spacial score (nSPS) is 10.3. The van der Waals surface area contributed by atoms with E-state index in [2.05, 4.69) is 10.3 Å². The van der Waals surface area contributed by atoms with Crippen molar-refractivity contribution < 1.29 is 14.6 Å². The number of hydrogen-bond acceptors (Lipinski definition) is 4. The van der Waals surface area contributed by atoms with Gasteiger partial charge in [0.05, 0.1) is 6.61 Å². The second-order valence-corrected chi connectivity index (χ2v) is 5.79. The summed E-state index contributed by atoms with van der Waals surface area (Å²) >= 11 is 0. The number of pyridine rings is 1. The summed E-state index contributed by atoms with van der Waals surface area (Å²) in [6, 6.07) is 18.3. The molecule has 3 aromatic rings. The molecule has 26 heavy (non-hydrogen) atoms. The van der Waals surface area contributed by atoms with E-state index in [0.29, 0.717) is 24.5 Å². The first-order chi connectivity index (χ1) is 12.8. The molecule has 0 radical (unpaired) electrons. The van der Waals surface area contributed by atoms with Gasteiger partial charge in [0.15, 0.2) is 0 Å². The first kappa shape index (κ1) is 17.6. The molecule has 0 bridgehead atoms. The van der Waals surface area contributed by atoms with Crippen LogP contribution in [0.15, 0.2) is 73.1 Å². The van der Waals surface area contributed by atoms with E-state index >= 15 is 0 Å². The number of carbonyl (C=O) groups excluding carboxylic acids is 1. The summed E-state index contributed by atoms with van der Waals surface area (Å²) in [4.78, 5) is 16.5. The third-order valence-corrected chi connectivity index (χ3v) is 3.95. The molecule has 0 fully saturated rings. The maximum atomic E-state index is 12.4. The van der Waals surface area contributed by atoms with E-state index in [1.807, 2.05) is 42.5 Å². The molecule has 0 unspecified atom stereocenters. The zero-order valence-electron chi connectivity index (χ0n) is 14.3. The molecule has 0 saturated carbocycles.